The van der Waals surface area contributed by atoms with Crippen molar-refractivity contribution in [3.05, 3.63) is 54.4 Å². The Morgan fingerprint density at radius 3 is 2.83 bits per heavy atom. The summed E-state index contributed by atoms with van der Waals surface area (Å²) in [7, 11) is 0. The molecule has 1 aromatic carbocycles. The van der Waals surface area contributed by atoms with Gasteiger partial charge in [-0.3, -0.25) is 4.98 Å². The molecule has 0 amide bonds. The van der Waals surface area contributed by atoms with Crippen LogP contribution in [0.25, 0.3) is 22.2 Å². The average Bonchev–Trinajstić information content (AvgIpc) is 3.24. The molecule has 3 heterocycles. The molecule has 30 heavy (non-hydrogen) atoms. The van der Waals surface area contributed by atoms with E-state index in [0.29, 0.717) is 32.0 Å². The Hall–Kier alpha value is -3.24. The molecule has 1 atom stereocenters. The summed E-state index contributed by atoms with van der Waals surface area (Å²) in [6.45, 7) is 2.62. The van der Waals surface area contributed by atoms with E-state index in [1.54, 1.807) is 23.0 Å². The molecule has 1 fully saturated rings. The lowest BCUT2D eigenvalue weighted by atomic mass is 9.88. The number of ether oxygens (including phenoxy) is 1. The Bertz CT molecular complexity index is 1160. The quantitative estimate of drug-likeness (QED) is 0.659. The van der Waals surface area contributed by atoms with E-state index in [1.165, 1.54) is 0 Å². The molecule has 7 heteroatoms. The number of anilines is 1. The normalized spacial score (nSPS) is 19.5. The van der Waals surface area contributed by atoms with Gasteiger partial charge in [-0.15, -0.1) is 0 Å². The van der Waals surface area contributed by atoms with Gasteiger partial charge >= 0.3 is 0 Å². The smallest absolute Gasteiger partial charge is 0.147 e. The van der Waals surface area contributed by atoms with Gasteiger partial charge in [-0.25, -0.2) is 8.91 Å². The fourth-order valence-corrected chi connectivity index (χ4v) is 4.29. The van der Waals surface area contributed by atoms with Crippen molar-refractivity contribution in [2.24, 2.45) is 5.92 Å². The zero-order valence-electron chi connectivity index (χ0n) is 16.6. The second kappa shape index (κ2) is 7.88. The molecule has 152 valence electrons. The van der Waals surface area contributed by atoms with Gasteiger partial charge in [-0.1, -0.05) is 12.1 Å². The maximum Gasteiger partial charge on any atom is 0.147 e. The Morgan fingerprint density at radius 1 is 1.23 bits per heavy atom. The van der Waals surface area contributed by atoms with Crippen LogP contribution < -0.4 is 4.90 Å². The number of benzene rings is 1. The number of hydrogen-bond acceptors (Lipinski definition) is 5. The van der Waals surface area contributed by atoms with Gasteiger partial charge in [0.25, 0.3) is 0 Å². The molecular weight excluding hydrogens is 381 g/mol. The predicted octanol–water partition coefficient (Wildman–Crippen LogP) is 4.08. The van der Waals surface area contributed by atoms with Crippen LogP contribution in [-0.2, 0) is 4.74 Å². The van der Waals surface area contributed by atoms with Crippen molar-refractivity contribution >= 4 is 16.8 Å². The van der Waals surface area contributed by atoms with Crippen molar-refractivity contribution in [1.82, 2.24) is 14.6 Å². The SMILES string of the molecule is N#CC1CC=C(c2nccn3ncc(-c4ccc(N5CCOCC5)c(F)c4)c23)CC1. The van der Waals surface area contributed by atoms with E-state index < -0.39 is 0 Å². The average molecular weight is 403 g/mol. The summed E-state index contributed by atoms with van der Waals surface area (Å²) < 4.78 is 22.2. The Morgan fingerprint density at radius 2 is 2.10 bits per heavy atom. The number of aromatic nitrogens is 3. The summed E-state index contributed by atoms with van der Waals surface area (Å²) in [5.74, 6) is -0.173. The zero-order valence-corrected chi connectivity index (χ0v) is 16.6. The first kappa shape index (κ1) is 18.8. The predicted molar refractivity (Wildman–Crippen MR) is 112 cm³/mol. The van der Waals surface area contributed by atoms with Gasteiger partial charge in [0.1, 0.15) is 5.82 Å². The van der Waals surface area contributed by atoms with Gasteiger partial charge in [0.05, 0.1) is 48.3 Å². The summed E-state index contributed by atoms with van der Waals surface area (Å²) in [6.07, 6.45) is 9.79. The van der Waals surface area contributed by atoms with Crippen LogP contribution in [0.15, 0.2) is 42.9 Å². The third-order valence-electron chi connectivity index (χ3n) is 5.94. The van der Waals surface area contributed by atoms with E-state index in [9.17, 15) is 4.39 Å². The summed E-state index contributed by atoms with van der Waals surface area (Å²) >= 11 is 0. The zero-order chi connectivity index (χ0) is 20.5. The van der Waals surface area contributed by atoms with Gasteiger partial charge in [0.15, 0.2) is 0 Å². The number of nitriles is 1. The topological polar surface area (TPSA) is 66.5 Å². The molecule has 1 aliphatic carbocycles. The van der Waals surface area contributed by atoms with Crippen LogP contribution in [0.3, 0.4) is 0 Å². The highest BCUT2D eigenvalue weighted by Gasteiger charge is 2.21. The first-order valence-electron chi connectivity index (χ1n) is 10.3. The van der Waals surface area contributed by atoms with Gasteiger partial charge in [-0.05, 0) is 42.5 Å². The molecule has 3 aromatic rings. The Balaban J connectivity index is 1.55. The lowest BCUT2D eigenvalue weighted by Crippen LogP contribution is -2.36. The summed E-state index contributed by atoms with van der Waals surface area (Å²) in [5, 5.41) is 13.6. The minimum Gasteiger partial charge on any atom is -0.378 e. The number of halogens is 1. The van der Waals surface area contributed by atoms with Crippen molar-refractivity contribution < 1.29 is 9.13 Å². The second-order valence-corrected chi connectivity index (χ2v) is 7.72. The Kier molecular flexibility index (Phi) is 4.93. The molecule has 0 radical (unpaired) electrons. The molecule has 0 spiro atoms. The first-order valence-corrected chi connectivity index (χ1v) is 10.3. The first-order chi connectivity index (χ1) is 14.7. The molecule has 0 saturated carbocycles. The molecule has 1 aliphatic heterocycles. The highest BCUT2D eigenvalue weighted by molar-refractivity contribution is 5.89. The summed E-state index contributed by atoms with van der Waals surface area (Å²) in [5.41, 5.74) is 5.10. The van der Waals surface area contributed by atoms with Gasteiger partial charge in [0, 0.05) is 31.0 Å². The van der Waals surface area contributed by atoms with Crippen molar-refractivity contribution in [1.29, 1.82) is 5.26 Å². The lowest BCUT2D eigenvalue weighted by molar-refractivity contribution is 0.122. The third-order valence-corrected chi connectivity index (χ3v) is 5.94. The highest BCUT2D eigenvalue weighted by atomic mass is 19.1. The maximum atomic E-state index is 15.0. The van der Waals surface area contributed by atoms with Crippen molar-refractivity contribution in [3.63, 3.8) is 0 Å². The van der Waals surface area contributed by atoms with Crippen LogP contribution in [0.4, 0.5) is 10.1 Å². The van der Waals surface area contributed by atoms with Crippen LogP contribution in [0.1, 0.15) is 25.0 Å². The molecule has 6 nitrogen and oxygen atoms in total. The van der Waals surface area contributed by atoms with E-state index >= 15 is 0 Å². The number of hydrogen-bond donors (Lipinski definition) is 0. The maximum absolute atomic E-state index is 15.0. The largest absolute Gasteiger partial charge is 0.378 e. The van der Waals surface area contributed by atoms with Crippen molar-refractivity contribution in [2.45, 2.75) is 19.3 Å². The van der Waals surface area contributed by atoms with E-state index in [2.05, 4.69) is 22.2 Å². The van der Waals surface area contributed by atoms with Crippen LogP contribution in [0.2, 0.25) is 0 Å². The monoisotopic (exact) mass is 403 g/mol. The lowest BCUT2D eigenvalue weighted by Gasteiger charge is -2.29. The summed E-state index contributed by atoms with van der Waals surface area (Å²) in [6, 6.07) is 7.72. The summed E-state index contributed by atoms with van der Waals surface area (Å²) in [4.78, 5) is 6.64. The van der Waals surface area contributed by atoms with E-state index in [-0.39, 0.29) is 11.7 Å². The van der Waals surface area contributed by atoms with Crippen LogP contribution >= 0.6 is 0 Å². The third kappa shape index (κ3) is 3.33. The number of rotatable bonds is 3. The van der Waals surface area contributed by atoms with Gasteiger partial charge < -0.3 is 9.64 Å². The van der Waals surface area contributed by atoms with Gasteiger partial charge in [0.2, 0.25) is 0 Å². The standard InChI is InChI=1S/C23H22FN5O/c24-20-13-18(5-6-21(20)28-9-11-30-12-10-28)19-15-27-29-8-7-26-22(23(19)29)17-3-1-16(14-25)2-4-17/h3,5-8,13,15-16H,1-2,4,9-12H2. The fraction of sp³-hybridized carbons (Fsp3) is 0.348. The Labute approximate surface area is 174 Å². The molecule has 0 bridgehead atoms. The molecule has 5 rings (SSSR count). The number of nitrogens with zero attached hydrogens (tertiary/aromatic N) is 5. The molecule has 2 aromatic heterocycles. The van der Waals surface area contributed by atoms with E-state index in [4.69, 9.17) is 10.00 Å². The molecule has 2 aliphatic rings. The molecule has 1 saturated heterocycles. The van der Waals surface area contributed by atoms with Crippen molar-refractivity contribution in [3.8, 4) is 17.2 Å². The number of fused-ring (bicyclic) bond motifs is 1. The minimum absolute atomic E-state index is 0.0692. The number of allylic oxidation sites excluding steroid dienone is 2. The fourth-order valence-electron chi connectivity index (χ4n) is 4.29. The van der Waals surface area contributed by atoms with Crippen LogP contribution in [0.5, 0.6) is 0 Å². The van der Waals surface area contributed by atoms with Gasteiger partial charge in [-0.2, -0.15) is 10.4 Å². The molecule has 0 N–H and O–H groups in total. The van der Waals surface area contributed by atoms with E-state index in [1.807, 2.05) is 23.2 Å². The minimum atomic E-state index is -0.243. The highest BCUT2D eigenvalue weighted by Crippen LogP contribution is 2.35. The second-order valence-electron chi connectivity index (χ2n) is 7.72. The number of morpholine rings is 1. The van der Waals surface area contributed by atoms with Crippen LogP contribution in [-0.4, -0.2) is 40.9 Å². The van der Waals surface area contributed by atoms with Crippen molar-refractivity contribution in [2.75, 3.05) is 31.2 Å². The molecule has 1 unspecified atom stereocenters. The molecular formula is C23H22FN5O. The van der Waals surface area contributed by atoms with Crippen LogP contribution in [0, 0.1) is 23.1 Å². The van der Waals surface area contributed by atoms with E-state index in [0.717, 1.165) is 47.2 Å².